The number of nitrogens with zero attached hydrogens (tertiary/aromatic N) is 3. The molecule has 1 amide bonds. The van der Waals surface area contributed by atoms with Gasteiger partial charge in [-0.3, -0.25) is 9.59 Å². The second kappa shape index (κ2) is 10.9. The number of aliphatic carboxylic acids is 1. The quantitative estimate of drug-likeness (QED) is 0.405. The van der Waals surface area contributed by atoms with Crippen molar-refractivity contribution in [2.24, 2.45) is 11.8 Å². The molecule has 0 spiro atoms. The predicted octanol–water partition coefficient (Wildman–Crippen LogP) is 3.39. The number of rotatable bonds is 10. The molecular weight excluding hydrogens is 504 g/mol. The standard InChI is InChI=1S/C24H28N4O6S2/c1-28(14-21(29)30)36(32,33)17-9-7-15(8-10-17)13-18(16-5-3-4-6-16)22(31)27-24-25-19-11-12-20(34-2)26-23(19)35-24/h7-12,16,18H,3-6,13-14H2,1-2H3,(H,29,30)(H,25,27,31)/t18-/m1/s1. The zero-order valence-corrected chi connectivity index (χ0v) is 21.6. The van der Waals surface area contributed by atoms with Gasteiger partial charge >= 0.3 is 5.97 Å². The molecule has 1 atom stereocenters. The number of carboxylic acids is 1. The number of hydrogen-bond donors (Lipinski definition) is 2. The third kappa shape index (κ3) is 5.82. The van der Waals surface area contributed by atoms with Crippen LogP contribution in [0.15, 0.2) is 41.3 Å². The number of aromatic nitrogens is 2. The van der Waals surface area contributed by atoms with E-state index in [1.165, 1.54) is 30.5 Å². The van der Waals surface area contributed by atoms with E-state index in [4.69, 9.17) is 9.84 Å². The second-order valence-corrected chi connectivity index (χ2v) is 11.9. The van der Waals surface area contributed by atoms with Gasteiger partial charge in [0.25, 0.3) is 0 Å². The first-order chi connectivity index (χ1) is 17.2. The van der Waals surface area contributed by atoms with Crippen LogP contribution in [-0.4, -0.2) is 60.4 Å². The molecule has 0 bridgehead atoms. The van der Waals surface area contributed by atoms with Crippen LogP contribution in [0.4, 0.5) is 5.13 Å². The van der Waals surface area contributed by atoms with E-state index in [9.17, 15) is 18.0 Å². The van der Waals surface area contributed by atoms with Crippen molar-refractivity contribution in [2.45, 2.75) is 37.0 Å². The number of carbonyl (C=O) groups excluding carboxylic acids is 1. The van der Waals surface area contributed by atoms with Crippen molar-refractivity contribution in [1.82, 2.24) is 14.3 Å². The highest BCUT2D eigenvalue weighted by atomic mass is 32.2. The van der Waals surface area contributed by atoms with Gasteiger partial charge in [-0.1, -0.05) is 36.3 Å². The van der Waals surface area contributed by atoms with E-state index in [2.05, 4.69) is 15.3 Å². The van der Waals surface area contributed by atoms with Crippen LogP contribution in [0.5, 0.6) is 5.88 Å². The number of methoxy groups -OCH3 is 1. The van der Waals surface area contributed by atoms with Gasteiger partial charge in [-0.25, -0.2) is 18.4 Å². The molecule has 10 nitrogen and oxygen atoms in total. The van der Waals surface area contributed by atoms with Crippen molar-refractivity contribution >= 4 is 48.7 Å². The maximum atomic E-state index is 13.4. The second-order valence-electron chi connectivity index (χ2n) is 8.84. The van der Waals surface area contributed by atoms with Gasteiger partial charge in [-0.15, -0.1) is 0 Å². The summed E-state index contributed by atoms with van der Waals surface area (Å²) in [4.78, 5) is 33.8. The van der Waals surface area contributed by atoms with Crippen molar-refractivity contribution in [1.29, 1.82) is 0 Å². The number of nitrogens with one attached hydrogen (secondary N) is 1. The van der Waals surface area contributed by atoms with Gasteiger partial charge in [-0.2, -0.15) is 4.31 Å². The van der Waals surface area contributed by atoms with Crippen molar-refractivity contribution in [2.75, 3.05) is 26.0 Å². The number of pyridine rings is 1. The molecule has 0 unspecified atom stereocenters. The Balaban J connectivity index is 1.51. The molecule has 1 aromatic carbocycles. The maximum Gasteiger partial charge on any atom is 0.318 e. The molecule has 0 saturated heterocycles. The van der Waals surface area contributed by atoms with Crippen LogP contribution >= 0.6 is 11.3 Å². The molecule has 4 rings (SSSR count). The van der Waals surface area contributed by atoms with Crippen LogP contribution in [-0.2, 0) is 26.0 Å². The zero-order chi connectivity index (χ0) is 25.9. The number of sulfonamides is 1. The molecule has 12 heteroatoms. The lowest BCUT2D eigenvalue weighted by atomic mass is 9.85. The molecular formula is C24H28N4O6S2. The van der Waals surface area contributed by atoms with Crippen LogP contribution in [0, 0.1) is 11.8 Å². The highest BCUT2D eigenvalue weighted by molar-refractivity contribution is 7.89. The number of benzene rings is 1. The summed E-state index contributed by atoms with van der Waals surface area (Å²) in [6.07, 6.45) is 4.53. The van der Waals surface area contributed by atoms with E-state index < -0.39 is 22.5 Å². The minimum atomic E-state index is -3.92. The fourth-order valence-corrected chi connectivity index (χ4v) is 6.46. The molecule has 3 aromatic rings. The van der Waals surface area contributed by atoms with Crippen molar-refractivity contribution in [3.8, 4) is 5.88 Å². The molecule has 0 radical (unpaired) electrons. The maximum absolute atomic E-state index is 13.4. The molecule has 2 N–H and O–H groups in total. The molecule has 36 heavy (non-hydrogen) atoms. The Bertz CT molecular complexity index is 1350. The van der Waals surface area contributed by atoms with Crippen molar-refractivity contribution < 1.29 is 27.9 Å². The van der Waals surface area contributed by atoms with Gasteiger partial charge < -0.3 is 15.2 Å². The van der Waals surface area contributed by atoms with Crippen molar-refractivity contribution in [3.05, 3.63) is 42.0 Å². The largest absolute Gasteiger partial charge is 0.481 e. The fraction of sp³-hybridized carbons (Fsp3) is 0.417. The minimum absolute atomic E-state index is 0.00858. The Hall–Kier alpha value is -3.09. The fourth-order valence-electron chi connectivity index (χ4n) is 4.51. The predicted molar refractivity (Wildman–Crippen MR) is 136 cm³/mol. The van der Waals surface area contributed by atoms with Crippen LogP contribution < -0.4 is 10.1 Å². The van der Waals surface area contributed by atoms with E-state index in [1.807, 2.05) is 0 Å². The van der Waals surface area contributed by atoms with Crippen LogP contribution in [0.25, 0.3) is 10.3 Å². The third-order valence-electron chi connectivity index (χ3n) is 6.42. The van der Waals surface area contributed by atoms with Gasteiger partial charge in [0.2, 0.25) is 21.8 Å². The first kappa shape index (κ1) is 26.0. The average molecular weight is 533 g/mol. The SMILES string of the molecule is COc1ccc2nc(NC(=O)[C@H](Cc3ccc(S(=O)(=O)N(C)CC(=O)O)cc3)C3CCCC3)sc2n1. The first-order valence-electron chi connectivity index (χ1n) is 11.6. The van der Waals surface area contributed by atoms with Gasteiger partial charge in [0.1, 0.15) is 16.9 Å². The molecule has 1 fully saturated rings. The van der Waals surface area contributed by atoms with Gasteiger partial charge in [0.15, 0.2) is 5.13 Å². The molecule has 2 heterocycles. The summed E-state index contributed by atoms with van der Waals surface area (Å²) in [6.45, 7) is -0.623. The van der Waals surface area contributed by atoms with Crippen LogP contribution in [0.2, 0.25) is 0 Å². The third-order valence-corrected chi connectivity index (χ3v) is 9.12. The highest BCUT2D eigenvalue weighted by Crippen LogP contribution is 2.35. The number of thiazole rings is 1. The topological polar surface area (TPSA) is 139 Å². The molecule has 1 saturated carbocycles. The Morgan fingerprint density at radius 3 is 2.50 bits per heavy atom. The number of carbonyl (C=O) groups is 2. The number of likely N-dealkylation sites (N-methyl/N-ethyl adjacent to an activating group) is 1. The van der Waals surface area contributed by atoms with E-state index >= 15 is 0 Å². The number of anilines is 1. The average Bonchev–Trinajstić information content (AvgIpc) is 3.51. The van der Waals surface area contributed by atoms with Gasteiger partial charge in [-0.05, 0) is 48.9 Å². The van der Waals surface area contributed by atoms with Crippen LogP contribution in [0.1, 0.15) is 31.2 Å². The van der Waals surface area contributed by atoms with Gasteiger partial charge in [0.05, 0.1) is 12.0 Å². The lowest BCUT2D eigenvalue weighted by molar-refractivity contribution is -0.137. The lowest BCUT2D eigenvalue weighted by Crippen LogP contribution is -2.32. The first-order valence-corrected chi connectivity index (χ1v) is 13.8. The smallest absolute Gasteiger partial charge is 0.318 e. The highest BCUT2D eigenvalue weighted by Gasteiger charge is 2.32. The Morgan fingerprint density at radius 1 is 1.17 bits per heavy atom. The number of amides is 1. The normalized spacial score (nSPS) is 15.3. The summed E-state index contributed by atoms with van der Waals surface area (Å²) in [5.74, 6) is -0.939. The summed E-state index contributed by atoms with van der Waals surface area (Å²) < 4.78 is 31.2. The number of carboxylic acid groups (broad SMARTS) is 1. The number of fused-ring (bicyclic) bond motifs is 1. The monoisotopic (exact) mass is 532 g/mol. The summed E-state index contributed by atoms with van der Waals surface area (Å²) in [6, 6.07) is 9.80. The molecule has 2 aromatic heterocycles. The Labute approximate surface area is 213 Å². The molecule has 192 valence electrons. The summed E-state index contributed by atoms with van der Waals surface area (Å²) in [5.41, 5.74) is 1.51. The molecule has 0 aliphatic heterocycles. The minimum Gasteiger partial charge on any atom is -0.481 e. The molecule has 1 aliphatic rings. The van der Waals surface area contributed by atoms with E-state index in [-0.39, 0.29) is 22.6 Å². The summed E-state index contributed by atoms with van der Waals surface area (Å²) >= 11 is 1.29. The lowest BCUT2D eigenvalue weighted by Gasteiger charge is -2.22. The van der Waals surface area contributed by atoms with E-state index in [1.54, 1.807) is 31.4 Å². The van der Waals surface area contributed by atoms with Gasteiger partial charge in [0, 0.05) is 19.0 Å². The Morgan fingerprint density at radius 2 is 1.86 bits per heavy atom. The van der Waals surface area contributed by atoms with E-state index in [0.717, 1.165) is 35.6 Å². The Kier molecular flexibility index (Phi) is 7.86. The number of hydrogen-bond acceptors (Lipinski definition) is 8. The summed E-state index contributed by atoms with van der Waals surface area (Å²) in [7, 11) is -1.15. The summed E-state index contributed by atoms with van der Waals surface area (Å²) in [5, 5.41) is 12.3. The number of ether oxygens (including phenoxy) is 1. The molecule has 1 aliphatic carbocycles. The van der Waals surface area contributed by atoms with Crippen LogP contribution in [0.3, 0.4) is 0 Å². The van der Waals surface area contributed by atoms with Crippen molar-refractivity contribution in [3.63, 3.8) is 0 Å². The van der Waals surface area contributed by atoms with E-state index in [0.29, 0.717) is 27.8 Å². The zero-order valence-electron chi connectivity index (χ0n) is 20.0.